The van der Waals surface area contributed by atoms with E-state index in [4.69, 9.17) is 5.73 Å². The third kappa shape index (κ3) is 2.78. The Bertz CT molecular complexity index is 545. The molecule has 0 fully saturated rings. The van der Waals surface area contributed by atoms with Crippen molar-refractivity contribution in [1.29, 1.82) is 0 Å². The van der Waals surface area contributed by atoms with E-state index in [2.05, 4.69) is 46.3 Å². The van der Waals surface area contributed by atoms with Crippen LogP contribution in [0.1, 0.15) is 42.0 Å². The molecule has 0 spiro atoms. The second kappa shape index (κ2) is 6.23. The first-order valence-electron chi connectivity index (χ1n) is 7.67. The second-order valence-electron chi connectivity index (χ2n) is 5.68. The minimum atomic E-state index is 0.529. The summed E-state index contributed by atoms with van der Waals surface area (Å²) in [5.41, 5.74) is 10.1. The highest BCUT2D eigenvalue weighted by Gasteiger charge is 2.22. The molecule has 0 amide bonds. The highest BCUT2D eigenvalue weighted by molar-refractivity contribution is 5.25. The molecule has 0 saturated carbocycles. The van der Waals surface area contributed by atoms with Gasteiger partial charge in [0.25, 0.3) is 0 Å². The van der Waals surface area contributed by atoms with Crippen molar-refractivity contribution in [3.63, 3.8) is 0 Å². The number of hydrogen-bond acceptors (Lipinski definition) is 2. The Kier molecular flexibility index (Phi) is 4.16. The van der Waals surface area contributed by atoms with Crippen molar-refractivity contribution in [1.82, 2.24) is 9.78 Å². The first kappa shape index (κ1) is 13.4. The Hall–Kier alpha value is -1.61. The molecule has 1 unspecified atom stereocenters. The molecule has 1 heterocycles. The predicted octanol–water partition coefficient (Wildman–Crippen LogP) is 2.89. The molecule has 1 aromatic heterocycles. The monoisotopic (exact) mass is 269 g/mol. The summed E-state index contributed by atoms with van der Waals surface area (Å²) in [7, 11) is 0. The number of rotatable bonds is 5. The maximum Gasteiger partial charge on any atom is 0.0527 e. The smallest absolute Gasteiger partial charge is 0.0527 e. The molecule has 0 radical (unpaired) electrons. The molecule has 2 N–H and O–H groups in total. The van der Waals surface area contributed by atoms with Crippen LogP contribution in [0.2, 0.25) is 0 Å². The van der Waals surface area contributed by atoms with Crippen molar-refractivity contribution in [2.45, 2.75) is 44.6 Å². The normalized spacial score (nSPS) is 17.9. The lowest BCUT2D eigenvalue weighted by Gasteiger charge is -2.21. The predicted molar refractivity (Wildman–Crippen MR) is 81.7 cm³/mol. The van der Waals surface area contributed by atoms with Gasteiger partial charge in [0, 0.05) is 12.2 Å². The lowest BCUT2D eigenvalue weighted by molar-refractivity contribution is 0.506. The van der Waals surface area contributed by atoms with Crippen molar-refractivity contribution in [3.8, 4) is 0 Å². The maximum absolute atomic E-state index is 5.87. The zero-order valence-electron chi connectivity index (χ0n) is 12.0. The van der Waals surface area contributed by atoms with Gasteiger partial charge in [0.15, 0.2) is 0 Å². The fraction of sp³-hybridized carbons (Fsp3) is 0.471. The number of nitrogens with two attached hydrogens (primary N) is 1. The van der Waals surface area contributed by atoms with Gasteiger partial charge in [0.05, 0.1) is 6.20 Å². The van der Waals surface area contributed by atoms with E-state index >= 15 is 0 Å². The van der Waals surface area contributed by atoms with Crippen molar-refractivity contribution in [2.24, 2.45) is 5.73 Å². The molecular weight excluding hydrogens is 246 g/mol. The van der Waals surface area contributed by atoms with Gasteiger partial charge >= 0.3 is 0 Å². The summed E-state index contributed by atoms with van der Waals surface area (Å²) >= 11 is 0. The number of aromatic nitrogens is 2. The zero-order valence-corrected chi connectivity index (χ0v) is 12.0. The third-order valence-corrected chi connectivity index (χ3v) is 4.35. The summed E-state index contributed by atoms with van der Waals surface area (Å²) in [4.78, 5) is 0. The molecule has 3 heteroatoms. The van der Waals surface area contributed by atoms with Crippen LogP contribution in [0, 0.1) is 0 Å². The minimum absolute atomic E-state index is 0.529. The van der Waals surface area contributed by atoms with Crippen LogP contribution in [-0.4, -0.2) is 16.3 Å². The second-order valence-corrected chi connectivity index (χ2v) is 5.68. The molecule has 0 saturated heterocycles. The molecular formula is C17H23N3. The topological polar surface area (TPSA) is 43.8 Å². The van der Waals surface area contributed by atoms with E-state index in [0.29, 0.717) is 5.92 Å². The summed E-state index contributed by atoms with van der Waals surface area (Å²) in [6, 6.07) is 10.7. The number of aryl methyl sites for hydroxylation is 2. The Morgan fingerprint density at radius 3 is 2.90 bits per heavy atom. The summed E-state index contributed by atoms with van der Waals surface area (Å²) < 4.78 is 2.21. The van der Waals surface area contributed by atoms with Gasteiger partial charge in [-0.15, -0.1) is 0 Å². The third-order valence-electron chi connectivity index (χ3n) is 4.35. The van der Waals surface area contributed by atoms with E-state index < -0.39 is 0 Å². The van der Waals surface area contributed by atoms with Crippen LogP contribution in [0.15, 0.2) is 36.5 Å². The van der Waals surface area contributed by atoms with Crippen LogP contribution < -0.4 is 5.73 Å². The number of hydrogen-bond donors (Lipinski definition) is 1. The molecule has 20 heavy (non-hydrogen) atoms. The molecule has 1 aliphatic rings. The van der Waals surface area contributed by atoms with Gasteiger partial charge in [0.1, 0.15) is 0 Å². The quantitative estimate of drug-likeness (QED) is 0.907. The largest absolute Gasteiger partial charge is 0.330 e. The Labute approximate surface area is 120 Å². The summed E-state index contributed by atoms with van der Waals surface area (Å²) in [5.74, 6) is 0.529. The molecule has 0 aliphatic heterocycles. The summed E-state index contributed by atoms with van der Waals surface area (Å²) in [6.45, 7) is 1.77. The number of benzene rings is 1. The van der Waals surface area contributed by atoms with Crippen molar-refractivity contribution < 1.29 is 0 Å². The minimum Gasteiger partial charge on any atom is -0.330 e. The van der Waals surface area contributed by atoms with Crippen LogP contribution in [0.5, 0.6) is 0 Å². The standard InChI is InChI=1S/C17H23N3/c18-12-15-9-4-10-17-16(15)13-19-20(17)11-5-8-14-6-2-1-3-7-14/h1-3,6-7,13,15H,4-5,8-12,18H2. The van der Waals surface area contributed by atoms with Gasteiger partial charge in [0.2, 0.25) is 0 Å². The molecule has 1 aromatic carbocycles. The first-order chi connectivity index (χ1) is 9.88. The van der Waals surface area contributed by atoms with E-state index in [1.807, 2.05) is 0 Å². The van der Waals surface area contributed by atoms with Crippen LogP contribution in [-0.2, 0) is 19.4 Å². The van der Waals surface area contributed by atoms with E-state index in [1.165, 1.54) is 29.7 Å². The van der Waals surface area contributed by atoms with Gasteiger partial charge < -0.3 is 5.73 Å². The zero-order chi connectivity index (χ0) is 13.8. The van der Waals surface area contributed by atoms with Gasteiger partial charge in [-0.25, -0.2) is 0 Å². The van der Waals surface area contributed by atoms with Gasteiger partial charge in [-0.1, -0.05) is 30.3 Å². The molecule has 1 atom stereocenters. The van der Waals surface area contributed by atoms with Crippen molar-refractivity contribution >= 4 is 0 Å². The molecule has 1 aliphatic carbocycles. The van der Waals surface area contributed by atoms with Crippen LogP contribution >= 0.6 is 0 Å². The van der Waals surface area contributed by atoms with Crippen molar-refractivity contribution in [3.05, 3.63) is 53.3 Å². The first-order valence-corrected chi connectivity index (χ1v) is 7.67. The van der Waals surface area contributed by atoms with Gasteiger partial charge in [-0.2, -0.15) is 5.10 Å². The Balaban J connectivity index is 1.63. The lowest BCUT2D eigenvalue weighted by Crippen LogP contribution is -2.19. The fourth-order valence-electron chi connectivity index (χ4n) is 3.23. The molecule has 106 valence electrons. The highest BCUT2D eigenvalue weighted by Crippen LogP contribution is 2.30. The Morgan fingerprint density at radius 2 is 2.10 bits per heavy atom. The Morgan fingerprint density at radius 1 is 1.25 bits per heavy atom. The SMILES string of the molecule is NCC1CCCc2c1cnn2CCCc1ccccc1. The van der Waals surface area contributed by atoms with E-state index in [0.717, 1.165) is 32.4 Å². The molecule has 0 bridgehead atoms. The summed E-state index contributed by atoms with van der Waals surface area (Å²) in [5, 5.41) is 4.59. The highest BCUT2D eigenvalue weighted by atomic mass is 15.3. The van der Waals surface area contributed by atoms with E-state index in [9.17, 15) is 0 Å². The van der Waals surface area contributed by atoms with Gasteiger partial charge in [-0.3, -0.25) is 4.68 Å². The van der Waals surface area contributed by atoms with Crippen molar-refractivity contribution in [2.75, 3.05) is 6.54 Å². The average Bonchev–Trinajstić information content (AvgIpc) is 2.92. The fourth-order valence-corrected chi connectivity index (χ4v) is 3.23. The van der Waals surface area contributed by atoms with Crippen LogP contribution in [0.4, 0.5) is 0 Å². The summed E-state index contributed by atoms with van der Waals surface area (Å²) in [6.07, 6.45) is 7.95. The van der Waals surface area contributed by atoms with Gasteiger partial charge in [-0.05, 0) is 55.7 Å². The maximum atomic E-state index is 5.87. The van der Waals surface area contributed by atoms with E-state index in [-0.39, 0.29) is 0 Å². The number of nitrogens with zero attached hydrogens (tertiary/aromatic N) is 2. The average molecular weight is 269 g/mol. The lowest BCUT2D eigenvalue weighted by atomic mass is 9.87. The molecule has 3 nitrogen and oxygen atoms in total. The van der Waals surface area contributed by atoms with Crippen LogP contribution in [0.25, 0.3) is 0 Å². The number of fused-ring (bicyclic) bond motifs is 1. The van der Waals surface area contributed by atoms with E-state index in [1.54, 1.807) is 0 Å². The molecule has 2 aromatic rings. The van der Waals surface area contributed by atoms with Crippen LogP contribution in [0.3, 0.4) is 0 Å². The molecule has 3 rings (SSSR count).